The molecule has 1 atom stereocenters. The number of benzene rings is 2. The Morgan fingerprint density at radius 1 is 1.31 bits per heavy atom. The van der Waals surface area contributed by atoms with Gasteiger partial charge in [0.1, 0.15) is 17.4 Å². The van der Waals surface area contributed by atoms with E-state index in [-0.39, 0.29) is 35.7 Å². The summed E-state index contributed by atoms with van der Waals surface area (Å²) in [5, 5.41) is 14.3. The van der Waals surface area contributed by atoms with Crippen molar-refractivity contribution in [3.8, 4) is 17.1 Å². The lowest BCUT2D eigenvalue weighted by molar-refractivity contribution is 0.138. The summed E-state index contributed by atoms with van der Waals surface area (Å²) in [5.41, 5.74) is 1.42. The molecular formula is C24H27FN4O3. The van der Waals surface area contributed by atoms with Gasteiger partial charge in [-0.25, -0.2) is 19.2 Å². The minimum absolute atomic E-state index is 0.0151. The van der Waals surface area contributed by atoms with Crippen LogP contribution >= 0.6 is 0 Å². The summed E-state index contributed by atoms with van der Waals surface area (Å²) in [7, 11) is 0. The summed E-state index contributed by atoms with van der Waals surface area (Å²) in [4.78, 5) is 23.9. The number of halogens is 1. The second-order valence-electron chi connectivity index (χ2n) is 8.51. The topological polar surface area (TPSA) is 87.6 Å². The summed E-state index contributed by atoms with van der Waals surface area (Å²) in [6.45, 7) is 7.50. The number of aryl methyl sites for hydroxylation is 1. The van der Waals surface area contributed by atoms with Crippen LogP contribution in [0.4, 0.5) is 15.0 Å². The van der Waals surface area contributed by atoms with E-state index < -0.39 is 11.9 Å². The molecule has 4 rings (SSSR count). The summed E-state index contributed by atoms with van der Waals surface area (Å²) in [6, 6.07) is 9.50. The van der Waals surface area contributed by atoms with Gasteiger partial charge in [0.2, 0.25) is 0 Å². The SMILES string of the molecule is Cc1ccc2c(N(C(=O)OCC(C)C)[C@@H]3CCNC3)nc(-c3c(O)cccc3F)nc2c1. The molecule has 3 aromatic rings. The van der Waals surface area contributed by atoms with Gasteiger partial charge in [-0.3, -0.25) is 4.90 Å². The second-order valence-corrected chi connectivity index (χ2v) is 8.51. The number of nitrogens with zero attached hydrogens (tertiary/aromatic N) is 3. The summed E-state index contributed by atoms with van der Waals surface area (Å²) in [6.07, 6.45) is 0.227. The normalized spacial score (nSPS) is 16.0. The quantitative estimate of drug-likeness (QED) is 0.614. The molecule has 0 spiro atoms. The van der Waals surface area contributed by atoms with E-state index in [0.29, 0.717) is 23.3 Å². The molecule has 1 aromatic heterocycles. The molecule has 1 saturated heterocycles. The molecule has 0 radical (unpaired) electrons. The Morgan fingerprint density at radius 2 is 2.12 bits per heavy atom. The average Bonchev–Trinajstić information content (AvgIpc) is 3.26. The first-order chi connectivity index (χ1) is 15.3. The Morgan fingerprint density at radius 3 is 2.81 bits per heavy atom. The molecule has 2 aromatic carbocycles. The van der Waals surface area contributed by atoms with Crippen LogP contribution in [0.3, 0.4) is 0 Å². The average molecular weight is 439 g/mol. The number of aromatic hydroxyl groups is 1. The Hall–Kier alpha value is -3.26. The fraction of sp³-hybridized carbons (Fsp3) is 0.375. The van der Waals surface area contributed by atoms with Gasteiger partial charge in [-0.05, 0) is 55.6 Å². The van der Waals surface area contributed by atoms with Crippen molar-refractivity contribution in [2.45, 2.75) is 33.2 Å². The van der Waals surface area contributed by atoms with Crippen molar-refractivity contribution in [2.24, 2.45) is 5.92 Å². The molecule has 8 heteroatoms. The van der Waals surface area contributed by atoms with Gasteiger partial charge in [0.05, 0.1) is 23.7 Å². The summed E-state index contributed by atoms with van der Waals surface area (Å²) in [5.74, 6) is -0.367. The van der Waals surface area contributed by atoms with Crippen LogP contribution in [0.5, 0.6) is 5.75 Å². The molecule has 0 saturated carbocycles. The standard InChI is InChI=1S/C24H27FN4O3/c1-14(2)13-32-24(31)29(16-9-10-26-12-16)23-17-8-7-15(3)11-19(17)27-22(28-23)21-18(25)5-4-6-20(21)30/h4-8,11,14,16,26,30H,9-10,12-13H2,1-3H3/t16-/m1/s1. The van der Waals surface area contributed by atoms with E-state index in [4.69, 9.17) is 4.74 Å². The number of hydrogen-bond donors (Lipinski definition) is 2. The number of amides is 1. The predicted molar refractivity (Wildman–Crippen MR) is 121 cm³/mol. The lowest BCUT2D eigenvalue weighted by Crippen LogP contribution is -2.43. The van der Waals surface area contributed by atoms with Crippen molar-refractivity contribution < 1.29 is 19.0 Å². The highest BCUT2D eigenvalue weighted by atomic mass is 19.1. The second kappa shape index (κ2) is 9.08. The van der Waals surface area contributed by atoms with Gasteiger partial charge < -0.3 is 15.2 Å². The third-order valence-corrected chi connectivity index (χ3v) is 5.41. The molecule has 32 heavy (non-hydrogen) atoms. The highest BCUT2D eigenvalue weighted by molar-refractivity contribution is 6.00. The van der Waals surface area contributed by atoms with Crippen LogP contribution in [0, 0.1) is 18.7 Å². The van der Waals surface area contributed by atoms with Crippen molar-refractivity contribution in [3.63, 3.8) is 0 Å². The third kappa shape index (κ3) is 4.36. The largest absolute Gasteiger partial charge is 0.507 e. The van der Waals surface area contributed by atoms with Gasteiger partial charge in [0.25, 0.3) is 0 Å². The number of hydrogen-bond acceptors (Lipinski definition) is 6. The van der Waals surface area contributed by atoms with Gasteiger partial charge in [-0.15, -0.1) is 0 Å². The Kier molecular flexibility index (Phi) is 6.23. The smallest absolute Gasteiger partial charge is 0.415 e. The van der Waals surface area contributed by atoms with E-state index in [1.54, 1.807) is 4.90 Å². The van der Waals surface area contributed by atoms with Gasteiger partial charge >= 0.3 is 6.09 Å². The Labute approximate surface area is 186 Å². The van der Waals surface area contributed by atoms with Gasteiger partial charge in [0, 0.05) is 11.9 Å². The van der Waals surface area contributed by atoms with Crippen LogP contribution in [-0.4, -0.2) is 46.9 Å². The van der Waals surface area contributed by atoms with E-state index in [1.807, 2.05) is 39.0 Å². The molecule has 0 unspecified atom stereocenters. The van der Waals surface area contributed by atoms with E-state index >= 15 is 0 Å². The number of nitrogens with one attached hydrogen (secondary N) is 1. The van der Waals surface area contributed by atoms with Crippen LogP contribution in [-0.2, 0) is 4.74 Å². The maximum atomic E-state index is 14.7. The van der Waals surface area contributed by atoms with Gasteiger partial charge in [-0.2, -0.15) is 0 Å². The number of carbonyl (C=O) groups is 1. The van der Waals surface area contributed by atoms with Crippen LogP contribution in [0.25, 0.3) is 22.3 Å². The van der Waals surface area contributed by atoms with Crippen LogP contribution in [0.15, 0.2) is 36.4 Å². The van der Waals surface area contributed by atoms with Crippen molar-refractivity contribution in [1.82, 2.24) is 15.3 Å². The number of carbonyl (C=O) groups excluding carboxylic acids is 1. The maximum Gasteiger partial charge on any atom is 0.415 e. The van der Waals surface area contributed by atoms with Crippen molar-refractivity contribution in [1.29, 1.82) is 0 Å². The molecule has 1 amide bonds. The minimum atomic E-state index is -0.639. The first kappa shape index (κ1) is 22.0. The maximum absolute atomic E-state index is 14.7. The van der Waals surface area contributed by atoms with Crippen molar-refractivity contribution >= 4 is 22.8 Å². The van der Waals surface area contributed by atoms with Gasteiger partial charge in [-0.1, -0.05) is 26.0 Å². The molecule has 2 heterocycles. The summed E-state index contributed by atoms with van der Waals surface area (Å²) >= 11 is 0. The molecule has 2 N–H and O–H groups in total. The molecule has 168 valence electrons. The van der Waals surface area contributed by atoms with E-state index in [0.717, 1.165) is 18.5 Å². The monoisotopic (exact) mass is 438 g/mol. The van der Waals surface area contributed by atoms with Crippen LogP contribution in [0.2, 0.25) is 0 Å². The number of fused-ring (bicyclic) bond motifs is 1. The Balaban J connectivity index is 1.92. The molecule has 7 nitrogen and oxygen atoms in total. The highest BCUT2D eigenvalue weighted by Crippen LogP contribution is 2.35. The lowest BCUT2D eigenvalue weighted by atomic mass is 10.1. The molecule has 1 aliphatic rings. The zero-order valence-electron chi connectivity index (χ0n) is 18.4. The fourth-order valence-corrected chi connectivity index (χ4v) is 3.83. The molecular weight excluding hydrogens is 411 g/mol. The number of ether oxygens (including phenoxy) is 1. The van der Waals surface area contributed by atoms with Gasteiger partial charge in [0.15, 0.2) is 5.82 Å². The first-order valence-electron chi connectivity index (χ1n) is 10.8. The number of rotatable bonds is 5. The number of aromatic nitrogens is 2. The van der Waals surface area contributed by atoms with E-state index in [9.17, 15) is 14.3 Å². The number of phenols is 1. The first-order valence-corrected chi connectivity index (χ1v) is 10.8. The van der Waals surface area contributed by atoms with Crippen LogP contribution in [0.1, 0.15) is 25.8 Å². The molecule has 0 bridgehead atoms. The zero-order valence-corrected chi connectivity index (χ0v) is 18.4. The number of phenolic OH excluding ortho intramolecular Hbond substituents is 1. The fourth-order valence-electron chi connectivity index (χ4n) is 3.83. The predicted octanol–water partition coefficient (Wildman–Crippen LogP) is 4.41. The minimum Gasteiger partial charge on any atom is -0.507 e. The summed E-state index contributed by atoms with van der Waals surface area (Å²) < 4.78 is 20.2. The van der Waals surface area contributed by atoms with Crippen LogP contribution < -0.4 is 10.2 Å². The van der Waals surface area contributed by atoms with E-state index in [1.165, 1.54) is 18.2 Å². The lowest BCUT2D eigenvalue weighted by Gasteiger charge is -2.28. The zero-order chi connectivity index (χ0) is 22.8. The molecule has 1 aliphatic heterocycles. The van der Waals surface area contributed by atoms with E-state index in [2.05, 4.69) is 15.3 Å². The van der Waals surface area contributed by atoms with Crippen molar-refractivity contribution in [2.75, 3.05) is 24.6 Å². The number of anilines is 1. The van der Waals surface area contributed by atoms with Crippen molar-refractivity contribution in [3.05, 3.63) is 47.8 Å². The Bertz CT molecular complexity index is 1130. The molecule has 1 fully saturated rings. The molecule has 0 aliphatic carbocycles. The highest BCUT2D eigenvalue weighted by Gasteiger charge is 2.32. The third-order valence-electron chi connectivity index (χ3n) is 5.41.